The lowest BCUT2D eigenvalue weighted by Crippen LogP contribution is -2.14. The Morgan fingerprint density at radius 3 is 2.90 bits per heavy atom. The van der Waals surface area contributed by atoms with E-state index >= 15 is 0 Å². The number of halogens is 1. The minimum Gasteiger partial charge on any atom is -0.384 e. The third kappa shape index (κ3) is 3.46. The molecule has 0 spiro atoms. The number of nitrogens with zero attached hydrogens (tertiary/aromatic N) is 2. The molecule has 1 amide bonds. The maximum Gasteiger partial charge on any atom is 0.257 e. The Hall–Kier alpha value is -2.65. The number of anilines is 1. The van der Waals surface area contributed by atoms with Crippen LogP contribution in [0, 0.1) is 24.6 Å². The number of aromatic nitrogens is 2. The number of amides is 1. The summed E-state index contributed by atoms with van der Waals surface area (Å²) in [5, 5.41) is 15.6. The smallest absolute Gasteiger partial charge is 0.257 e. The van der Waals surface area contributed by atoms with Crippen LogP contribution in [0.5, 0.6) is 0 Å². The van der Waals surface area contributed by atoms with Crippen molar-refractivity contribution in [3.63, 3.8) is 0 Å². The third-order valence-corrected chi connectivity index (χ3v) is 2.79. The maximum atomic E-state index is 13.3. The van der Waals surface area contributed by atoms with Crippen molar-refractivity contribution in [1.29, 1.82) is 0 Å². The van der Waals surface area contributed by atoms with Gasteiger partial charge in [-0.15, -0.1) is 0 Å². The highest BCUT2D eigenvalue weighted by Crippen LogP contribution is 2.16. The molecule has 0 fully saturated rings. The summed E-state index contributed by atoms with van der Waals surface area (Å²) in [6.07, 6.45) is 1.68. The van der Waals surface area contributed by atoms with Gasteiger partial charge in [-0.25, -0.2) is 4.39 Å². The molecule has 0 aliphatic rings. The van der Waals surface area contributed by atoms with Gasteiger partial charge in [-0.2, -0.15) is 5.10 Å². The van der Waals surface area contributed by atoms with Gasteiger partial charge in [-0.1, -0.05) is 11.8 Å². The summed E-state index contributed by atoms with van der Waals surface area (Å²) in [7, 11) is 1.75. The first-order chi connectivity index (χ1) is 10.0. The molecule has 0 atom stereocenters. The van der Waals surface area contributed by atoms with Crippen LogP contribution in [0.1, 0.15) is 21.6 Å². The SMILES string of the molecule is Cc1nn(C)cc1NC(=O)c1ccc(F)cc1C#CCO. The minimum absolute atomic E-state index is 0.225. The molecule has 108 valence electrons. The van der Waals surface area contributed by atoms with E-state index in [1.807, 2.05) is 0 Å². The Morgan fingerprint density at radius 1 is 1.52 bits per heavy atom. The number of aliphatic hydroxyl groups is 1. The van der Waals surface area contributed by atoms with Gasteiger partial charge in [0.05, 0.1) is 16.9 Å². The van der Waals surface area contributed by atoms with Crippen LogP contribution < -0.4 is 5.32 Å². The van der Waals surface area contributed by atoms with Gasteiger partial charge < -0.3 is 10.4 Å². The van der Waals surface area contributed by atoms with Crippen molar-refractivity contribution >= 4 is 11.6 Å². The van der Waals surface area contributed by atoms with Crippen LogP contribution in [0.2, 0.25) is 0 Å². The van der Waals surface area contributed by atoms with E-state index in [-0.39, 0.29) is 17.7 Å². The molecule has 0 radical (unpaired) electrons. The summed E-state index contributed by atoms with van der Waals surface area (Å²) >= 11 is 0. The van der Waals surface area contributed by atoms with E-state index in [2.05, 4.69) is 22.3 Å². The van der Waals surface area contributed by atoms with Gasteiger partial charge in [0.1, 0.15) is 12.4 Å². The normalized spacial score (nSPS) is 9.90. The lowest BCUT2D eigenvalue weighted by Gasteiger charge is -2.06. The van der Waals surface area contributed by atoms with Gasteiger partial charge in [0.15, 0.2) is 0 Å². The average Bonchev–Trinajstić information content (AvgIpc) is 2.74. The van der Waals surface area contributed by atoms with Crippen LogP contribution in [0.3, 0.4) is 0 Å². The number of hydrogen-bond donors (Lipinski definition) is 2. The number of aliphatic hydroxyl groups excluding tert-OH is 1. The van der Waals surface area contributed by atoms with E-state index in [1.165, 1.54) is 12.1 Å². The fourth-order valence-corrected chi connectivity index (χ4v) is 1.86. The predicted molar refractivity (Wildman–Crippen MR) is 76.3 cm³/mol. The summed E-state index contributed by atoms with van der Waals surface area (Å²) in [4.78, 5) is 12.3. The van der Waals surface area contributed by atoms with Crippen molar-refractivity contribution in [1.82, 2.24) is 9.78 Å². The lowest BCUT2D eigenvalue weighted by molar-refractivity contribution is 0.102. The van der Waals surface area contributed by atoms with Crippen molar-refractivity contribution in [3.05, 3.63) is 47.0 Å². The molecule has 0 aliphatic carbocycles. The van der Waals surface area contributed by atoms with Crippen LogP contribution in [0.4, 0.5) is 10.1 Å². The Morgan fingerprint density at radius 2 is 2.29 bits per heavy atom. The van der Waals surface area contributed by atoms with Gasteiger partial charge in [-0.3, -0.25) is 9.48 Å². The first-order valence-electron chi connectivity index (χ1n) is 6.22. The number of aryl methyl sites for hydroxylation is 2. The molecular formula is C15H14FN3O2. The number of carbonyl (C=O) groups excluding carboxylic acids is 1. The maximum absolute atomic E-state index is 13.3. The molecular weight excluding hydrogens is 273 g/mol. The summed E-state index contributed by atoms with van der Waals surface area (Å²) in [5.74, 6) is 4.07. The average molecular weight is 287 g/mol. The van der Waals surface area contributed by atoms with Crippen LogP contribution in [0.15, 0.2) is 24.4 Å². The van der Waals surface area contributed by atoms with Gasteiger partial charge in [0, 0.05) is 18.8 Å². The van der Waals surface area contributed by atoms with Gasteiger partial charge in [0.25, 0.3) is 5.91 Å². The Balaban J connectivity index is 2.32. The topological polar surface area (TPSA) is 67.2 Å². The summed E-state index contributed by atoms with van der Waals surface area (Å²) in [6.45, 7) is 1.41. The first kappa shape index (κ1) is 14.8. The van der Waals surface area contributed by atoms with Crippen molar-refractivity contribution in [2.75, 3.05) is 11.9 Å². The van der Waals surface area contributed by atoms with E-state index in [0.29, 0.717) is 11.4 Å². The Bertz CT molecular complexity index is 741. The molecule has 0 saturated carbocycles. The molecule has 1 heterocycles. The van der Waals surface area contributed by atoms with E-state index in [4.69, 9.17) is 5.11 Å². The predicted octanol–water partition coefficient (Wildman–Crippen LogP) is 1.46. The third-order valence-electron chi connectivity index (χ3n) is 2.79. The highest BCUT2D eigenvalue weighted by molar-refractivity contribution is 6.06. The molecule has 0 bridgehead atoms. The van der Waals surface area contributed by atoms with Crippen molar-refractivity contribution in [3.8, 4) is 11.8 Å². The molecule has 1 aromatic carbocycles. The molecule has 0 unspecified atom stereocenters. The van der Waals surface area contributed by atoms with E-state index in [0.717, 1.165) is 6.07 Å². The Labute approximate surface area is 121 Å². The van der Waals surface area contributed by atoms with Crippen LogP contribution >= 0.6 is 0 Å². The molecule has 1 aromatic heterocycles. The number of hydrogen-bond acceptors (Lipinski definition) is 3. The second-order valence-electron chi connectivity index (χ2n) is 4.41. The molecule has 5 nitrogen and oxygen atoms in total. The van der Waals surface area contributed by atoms with Crippen LogP contribution in [-0.4, -0.2) is 27.4 Å². The first-order valence-corrected chi connectivity index (χ1v) is 6.22. The van der Waals surface area contributed by atoms with Gasteiger partial charge in [0.2, 0.25) is 0 Å². The standard InChI is InChI=1S/C15H14FN3O2/c1-10-14(9-19(2)18-10)17-15(21)13-6-5-12(16)8-11(13)4-3-7-20/h5-6,8-9,20H,7H2,1-2H3,(H,17,21). The number of nitrogens with one attached hydrogen (secondary N) is 1. The minimum atomic E-state index is -0.494. The molecule has 6 heteroatoms. The van der Waals surface area contributed by atoms with Gasteiger partial charge >= 0.3 is 0 Å². The van der Waals surface area contributed by atoms with Crippen LogP contribution in [-0.2, 0) is 7.05 Å². The quantitative estimate of drug-likeness (QED) is 0.822. The second-order valence-corrected chi connectivity index (χ2v) is 4.41. The largest absolute Gasteiger partial charge is 0.384 e. The van der Waals surface area contributed by atoms with Crippen molar-refractivity contribution in [2.45, 2.75) is 6.92 Å². The highest BCUT2D eigenvalue weighted by Gasteiger charge is 2.13. The van der Waals surface area contributed by atoms with E-state index in [9.17, 15) is 9.18 Å². The molecule has 2 aromatic rings. The zero-order chi connectivity index (χ0) is 15.4. The Kier molecular flexibility index (Phi) is 4.36. The highest BCUT2D eigenvalue weighted by atomic mass is 19.1. The molecule has 21 heavy (non-hydrogen) atoms. The number of carbonyl (C=O) groups is 1. The van der Waals surface area contributed by atoms with Crippen molar-refractivity contribution in [2.24, 2.45) is 7.05 Å². The van der Waals surface area contributed by atoms with Gasteiger partial charge in [-0.05, 0) is 25.1 Å². The molecule has 0 saturated heterocycles. The fraction of sp³-hybridized carbons (Fsp3) is 0.200. The van der Waals surface area contributed by atoms with Crippen LogP contribution in [0.25, 0.3) is 0 Å². The second kappa shape index (κ2) is 6.20. The zero-order valence-corrected chi connectivity index (χ0v) is 11.6. The summed E-state index contributed by atoms with van der Waals surface area (Å²) < 4.78 is 14.8. The van der Waals surface area contributed by atoms with E-state index < -0.39 is 11.7 Å². The molecule has 0 aliphatic heterocycles. The number of rotatable bonds is 2. The van der Waals surface area contributed by atoms with E-state index in [1.54, 1.807) is 24.9 Å². The summed E-state index contributed by atoms with van der Waals surface area (Å²) in [6, 6.07) is 3.71. The molecule has 2 rings (SSSR count). The number of benzene rings is 1. The molecule has 2 N–H and O–H groups in total. The monoisotopic (exact) mass is 287 g/mol. The fourth-order valence-electron chi connectivity index (χ4n) is 1.86. The lowest BCUT2D eigenvalue weighted by atomic mass is 10.1. The zero-order valence-electron chi connectivity index (χ0n) is 11.6. The van der Waals surface area contributed by atoms with Crippen molar-refractivity contribution < 1.29 is 14.3 Å². The summed E-state index contributed by atoms with van der Waals surface area (Å²) in [5.41, 5.74) is 1.72.